The Labute approximate surface area is 124 Å². The Morgan fingerprint density at radius 1 is 1.16 bits per heavy atom. The third kappa shape index (κ3) is 3.08. The molecule has 0 aromatic heterocycles. The van der Waals surface area contributed by atoms with E-state index in [0.717, 1.165) is 5.12 Å². The summed E-state index contributed by atoms with van der Waals surface area (Å²) < 4.78 is 12.7. The van der Waals surface area contributed by atoms with E-state index in [9.17, 15) is 10.2 Å². The molecule has 8 heteroatoms. The molecule has 19 heavy (non-hydrogen) atoms. The monoisotopic (exact) mass is 307 g/mol. The molecule has 0 bridgehead atoms. The van der Waals surface area contributed by atoms with Crippen molar-refractivity contribution in [2.24, 2.45) is 19.8 Å². The molecule has 0 aromatic carbocycles. The first-order valence-electron chi connectivity index (χ1n) is 6.04. The summed E-state index contributed by atoms with van der Waals surface area (Å²) >= 11 is 9.27. The van der Waals surface area contributed by atoms with Gasteiger partial charge in [-0.15, -0.1) is 0 Å². The van der Waals surface area contributed by atoms with E-state index in [0.29, 0.717) is 0 Å². The van der Waals surface area contributed by atoms with Crippen LogP contribution in [-0.4, -0.2) is 39.9 Å². The molecule has 0 spiro atoms. The number of aliphatic hydroxyl groups excluding tert-OH is 2. The predicted molar refractivity (Wildman–Crippen MR) is 75.3 cm³/mol. The molecule has 6 nitrogen and oxygen atoms in total. The number of hydrogen-bond donors (Lipinski definition) is 2. The van der Waals surface area contributed by atoms with Crippen molar-refractivity contribution in [2.45, 2.75) is 59.2 Å². The fourth-order valence-corrected chi connectivity index (χ4v) is 3.34. The van der Waals surface area contributed by atoms with Crippen LogP contribution < -0.4 is 0 Å². The lowest BCUT2D eigenvalue weighted by atomic mass is 9.66. The van der Waals surface area contributed by atoms with Gasteiger partial charge in [0.1, 0.15) is 12.1 Å². The van der Waals surface area contributed by atoms with Crippen LogP contribution in [0.15, 0.2) is 8.94 Å². The summed E-state index contributed by atoms with van der Waals surface area (Å²) in [5.74, 6) is 0. The van der Waals surface area contributed by atoms with Gasteiger partial charge < -0.3 is 14.9 Å². The van der Waals surface area contributed by atoms with E-state index in [1.54, 1.807) is 0 Å². The van der Waals surface area contributed by atoms with Gasteiger partial charge in [-0.25, -0.2) is 0 Å². The summed E-state index contributed by atoms with van der Waals surface area (Å²) in [6.45, 7) is 9.83. The average Bonchev–Trinajstić information content (AvgIpc) is 2.27. The van der Waals surface area contributed by atoms with Crippen molar-refractivity contribution < 1.29 is 14.9 Å². The largest absolute Gasteiger partial charge is 0.385 e. The normalized spacial score (nSPS) is 34.7. The van der Waals surface area contributed by atoms with Gasteiger partial charge in [-0.3, -0.25) is 0 Å². The molecule has 110 valence electrons. The maximum atomic E-state index is 10.2. The third-order valence-corrected chi connectivity index (χ3v) is 3.87. The first-order chi connectivity index (χ1) is 8.57. The van der Waals surface area contributed by atoms with Crippen molar-refractivity contribution in [3.8, 4) is 0 Å². The lowest BCUT2D eigenvalue weighted by Gasteiger charge is -2.53. The van der Waals surface area contributed by atoms with Crippen LogP contribution in [0.3, 0.4) is 0 Å². The summed E-state index contributed by atoms with van der Waals surface area (Å²) in [5.41, 5.74) is -0.793. The zero-order valence-electron chi connectivity index (χ0n) is 11.8. The van der Waals surface area contributed by atoms with Crippen LogP contribution in [-0.2, 0) is 29.6 Å². The van der Waals surface area contributed by atoms with Gasteiger partial charge in [0.15, 0.2) is 6.29 Å². The molecule has 1 saturated heterocycles. The van der Waals surface area contributed by atoms with Crippen molar-refractivity contribution in [3.05, 3.63) is 0 Å². The van der Waals surface area contributed by atoms with E-state index >= 15 is 0 Å². The molecule has 0 aliphatic carbocycles. The van der Waals surface area contributed by atoms with Gasteiger partial charge in [0, 0.05) is 5.41 Å². The van der Waals surface area contributed by atoms with Crippen molar-refractivity contribution in [1.82, 2.24) is 5.12 Å². The molecule has 4 atom stereocenters. The maximum Gasteiger partial charge on any atom is 0.183 e. The van der Waals surface area contributed by atoms with E-state index in [2.05, 4.69) is 33.8 Å². The highest BCUT2D eigenvalue weighted by Crippen LogP contribution is 2.46. The summed E-state index contributed by atoms with van der Waals surface area (Å²) in [6, 6.07) is -0.643. The van der Waals surface area contributed by atoms with E-state index < -0.39 is 23.9 Å². The van der Waals surface area contributed by atoms with Gasteiger partial charge in [-0.1, -0.05) is 43.6 Å². The maximum absolute atomic E-state index is 10.2. The molecule has 4 unspecified atom stereocenters. The smallest absolute Gasteiger partial charge is 0.183 e. The molecule has 0 saturated carbocycles. The highest BCUT2D eigenvalue weighted by Gasteiger charge is 2.56. The topological polar surface area (TPSA) is 77.6 Å². The van der Waals surface area contributed by atoms with Crippen molar-refractivity contribution in [2.75, 3.05) is 0 Å². The molecular weight excluding hydrogens is 286 g/mol. The Kier molecular flexibility index (Phi) is 4.95. The summed E-state index contributed by atoms with van der Waals surface area (Å²) in [7, 11) is 0. The van der Waals surface area contributed by atoms with Crippen LogP contribution in [0.25, 0.3) is 0 Å². The van der Waals surface area contributed by atoms with E-state index in [-0.39, 0.29) is 11.5 Å². The number of rotatable bonds is 3. The molecule has 0 aromatic rings. The third-order valence-electron chi connectivity index (χ3n) is 3.53. The van der Waals surface area contributed by atoms with Crippen LogP contribution in [0.4, 0.5) is 0 Å². The first kappa shape index (κ1) is 16.8. The lowest BCUT2D eigenvalue weighted by molar-refractivity contribution is -0.297. The Morgan fingerprint density at radius 2 is 1.63 bits per heavy atom. The summed E-state index contributed by atoms with van der Waals surface area (Å²) in [4.78, 5) is 0. The minimum Gasteiger partial charge on any atom is -0.385 e. The predicted octanol–water partition coefficient (Wildman–Crippen LogP) is 1.10. The standard InChI is InChI=1S/C11H21N3O3S2/c1-10(2,3)9-11(4,5)7(14(12-18)13-19)6(15)8(16)17-9/h6-9,15-16H,1-5H3. The van der Waals surface area contributed by atoms with Gasteiger partial charge in [0.05, 0.1) is 31.0 Å². The Bertz CT molecular complexity index is 352. The van der Waals surface area contributed by atoms with Crippen LogP contribution in [0, 0.1) is 10.8 Å². The molecule has 1 aliphatic heterocycles. The Balaban J connectivity index is 3.24. The summed E-state index contributed by atoms with van der Waals surface area (Å²) in [5, 5.41) is 21.2. The van der Waals surface area contributed by atoms with Crippen LogP contribution >= 0.6 is 0 Å². The second-order valence-corrected chi connectivity index (χ2v) is 6.84. The SMILES string of the molecule is CC(C)(C)C1OC(O)C(O)C(N(N=S)N=S)C1(C)C. The molecule has 1 fully saturated rings. The quantitative estimate of drug-likeness (QED) is 0.760. The number of nitrogens with zero attached hydrogens (tertiary/aromatic N) is 3. The van der Waals surface area contributed by atoms with Gasteiger partial charge >= 0.3 is 0 Å². The number of hydrogen-bond acceptors (Lipinski definition) is 7. The van der Waals surface area contributed by atoms with Crippen molar-refractivity contribution in [1.29, 1.82) is 0 Å². The minimum atomic E-state index is -1.32. The van der Waals surface area contributed by atoms with Crippen molar-refractivity contribution >= 4 is 24.9 Å². The summed E-state index contributed by atoms with van der Waals surface area (Å²) in [6.07, 6.45) is -2.83. The molecule has 1 aliphatic rings. The van der Waals surface area contributed by atoms with Gasteiger partial charge in [0.25, 0.3) is 0 Å². The fourth-order valence-electron chi connectivity index (χ4n) is 3.02. The zero-order valence-corrected chi connectivity index (χ0v) is 13.4. The average molecular weight is 307 g/mol. The van der Waals surface area contributed by atoms with Gasteiger partial charge in [-0.2, -0.15) is 5.12 Å². The van der Waals surface area contributed by atoms with E-state index in [1.807, 2.05) is 34.6 Å². The fraction of sp³-hybridized carbons (Fsp3) is 1.00. The Hall–Kier alpha value is -0.280. The highest BCUT2D eigenvalue weighted by molar-refractivity contribution is 7.47. The van der Waals surface area contributed by atoms with Gasteiger partial charge in [-0.05, 0) is 5.41 Å². The minimum absolute atomic E-state index is 0.239. The van der Waals surface area contributed by atoms with E-state index in [1.165, 1.54) is 0 Å². The van der Waals surface area contributed by atoms with Crippen LogP contribution in [0.2, 0.25) is 0 Å². The molecular formula is C11H21N3O3S2. The molecule has 2 N–H and O–H groups in total. The molecule has 1 heterocycles. The lowest BCUT2D eigenvalue weighted by Crippen LogP contribution is -2.65. The van der Waals surface area contributed by atoms with Crippen LogP contribution in [0.5, 0.6) is 0 Å². The molecule has 0 amide bonds. The second kappa shape index (κ2) is 5.61. The first-order valence-corrected chi connectivity index (χ1v) is 6.77. The van der Waals surface area contributed by atoms with E-state index in [4.69, 9.17) is 4.74 Å². The Morgan fingerprint density at radius 3 is 2.00 bits per heavy atom. The number of ether oxygens (including phenoxy) is 1. The molecule has 1 rings (SSSR count). The van der Waals surface area contributed by atoms with Crippen molar-refractivity contribution in [3.63, 3.8) is 0 Å². The van der Waals surface area contributed by atoms with Crippen LogP contribution in [0.1, 0.15) is 34.6 Å². The van der Waals surface area contributed by atoms with Gasteiger partial charge in [0.2, 0.25) is 0 Å². The zero-order chi connectivity index (χ0) is 15.0. The highest BCUT2D eigenvalue weighted by atomic mass is 32.1. The second-order valence-electron chi connectivity index (χ2n) is 6.51. The molecule has 0 radical (unpaired) electrons. The number of aliphatic hydroxyl groups is 2.